The van der Waals surface area contributed by atoms with E-state index < -0.39 is 0 Å². The number of nitrogens with two attached hydrogens (primary N) is 1. The zero-order chi connectivity index (χ0) is 20.3. The molecule has 3 heteroatoms. The summed E-state index contributed by atoms with van der Waals surface area (Å²) in [6.07, 6.45) is 21.5. The molecule has 0 radical (unpaired) electrons. The third-order valence-electron chi connectivity index (χ3n) is 5.41. The van der Waals surface area contributed by atoms with Crippen LogP contribution in [0, 0.1) is 0 Å². The maximum atomic E-state index is 11.9. The fourth-order valence-corrected chi connectivity index (χ4v) is 3.58. The van der Waals surface area contributed by atoms with Gasteiger partial charge >= 0.3 is 5.97 Å². The average Bonchev–Trinajstić information content (AvgIpc) is 2.70. The van der Waals surface area contributed by atoms with Crippen molar-refractivity contribution in [3.63, 3.8) is 0 Å². The number of unbranched alkanes of at least 4 members (excludes halogenated alkanes) is 15. The van der Waals surface area contributed by atoms with Gasteiger partial charge in [-0.1, -0.05) is 115 Å². The lowest BCUT2D eigenvalue weighted by Gasteiger charge is -2.07. The van der Waals surface area contributed by atoms with Crippen molar-refractivity contribution in [1.82, 2.24) is 0 Å². The molecule has 0 fully saturated rings. The van der Waals surface area contributed by atoms with Gasteiger partial charge in [0.15, 0.2) is 0 Å². The number of rotatable bonds is 18. The van der Waals surface area contributed by atoms with Gasteiger partial charge in [-0.3, -0.25) is 0 Å². The van der Waals surface area contributed by atoms with Crippen molar-refractivity contribution < 1.29 is 9.53 Å². The number of ether oxygens (including phenoxy) is 1. The lowest BCUT2D eigenvalue weighted by Crippen LogP contribution is -2.09. The maximum Gasteiger partial charge on any atom is 0.340 e. The van der Waals surface area contributed by atoms with Crippen LogP contribution in [0.1, 0.15) is 120 Å². The van der Waals surface area contributed by atoms with Crippen LogP contribution in [-0.2, 0) is 4.74 Å². The zero-order valence-electron chi connectivity index (χ0n) is 18.2. The number of benzene rings is 1. The molecule has 28 heavy (non-hydrogen) atoms. The van der Waals surface area contributed by atoms with E-state index in [0.717, 1.165) is 12.8 Å². The largest absolute Gasteiger partial charge is 0.462 e. The summed E-state index contributed by atoms with van der Waals surface area (Å²) in [5, 5.41) is 0. The van der Waals surface area contributed by atoms with Crippen molar-refractivity contribution in [3.8, 4) is 0 Å². The fraction of sp³-hybridized carbons (Fsp3) is 0.720. The van der Waals surface area contributed by atoms with Crippen molar-refractivity contribution in [3.05, 3.63) is 29.8 Å². The number of carbonyl (C=O) groups is 1. The lowest BCUT2D eigenvalue weighted by atomic mass is 10.0. The van der Waals surface area contributed by atoms with Gasteiger partial charge in [-0.2, -0.15) is 0 Å². The highest BCUT2D eigenvalue weighted by molar-refractivity contribution is 5.94. The van der Waals surface area contributed by atoms with Gasteiger partial charge in [-0.25, -0.2) is 4.79 Å². The number of hydrogen-bond acceptors (Lipinski definition) is 3. The average molecular weight is 390 g/mol. The van der Waals surface area contributed by atoms with Crippen molar-refractivity contribution in [2.45, 2.75) is 110 Å². The molecule has 0 bridgehead atoms. The Morgan fingerprint density at radius 2 is 1.14 bits per heavy atom. The Morgan fingerprint density at radius 1 is 0.714 bits per heavy atom. The third kappa shape index (κ3) is 12.8. The molecule has 0 unspecified atom stereocenters. The molecule has 0 aliphatic heterocycles. The molecule has 0 atom stereocenters. The van der Waals surface area contributed by atoms with Crippen LogP contribution in [0.25, 0.3) is 0 Å². The van der Waals surface area contributed by atoms with Crippen LogP contribution in [0.4, 0.5) is 5.69 Å². The second-order valence-electron chi connectivity index (χ2n) is 8.03. The minimum absolute atomic E-state index is 0.306. The Labute approximate surface area is 173 Å². The van der Waals surface area contributed by atoms with Gasteiger partial charge in [-0.05, 0) is 18.6 Å². The van der Waals surface area contributed by atoms with Gasteiger partial charge in [0, 0.05) is 5.69 Å². The Morgan fingerprint density at radius 3 is 1.61 bits per heavy atom. The second-order valence-corrected chi connectivity index (χ2v) is 8.03. The summed E-state index contributed by atoms with van der Waals surface area (Å²) >= 11 is 0. The fourth-order valence-electron chi connectivity index (χ4n) is 3.58. The topological polar surface area (TPSA) is 52.3 Å². The molecule has 0 heterocycles. The summed E-state index contributed by atoms with van der Waals surface area (Å²) in [6, 6.07) is 7.07. The lowest BCUT2D eigenvalue weighted by molar-refractivity contribution is 0.0499. The normalized spacial score (nSPS) is 10.9. The molecule has 0 aliphatic carbocycles. The summed E-state index contributed by atoms with van der Waals surface area (Å²) in [7, 11) is 0. The van der Waals surface area contributed by atoms with E-state index in [4.69, 9.17) is 10.5 Å². The van der Waals surface area contributed by atoms with Gasteiger partial charge in [0.25, 0.3) is 0 Å². The highest BCUT2D eigenvalue weighted by atomic mass is 16.5. The molecule has 0 aromatic heterocycles. The molecule has 0 aliphatic rings. The third-order valence-corrected chi connectivity index (χ3v) is 5.41. The minimum atomic E-state index is -0.306. The van der Waals surface area contributed by atoms with E-state index in [-0.39, 0.29) is 5.97 Å². The molecule has 1 aromatic rings. The first-order chi connectivity index (χ1) is 13.8. The van der Waals surface area contributed by atoms with Crippen molar-refractivity contribution in [1.29, 1.82) is 0 Å². The number of nitrogen functional groups attached to an aromatic ring is 1. The van der Waals surface area contributed by atoms with Crippen LogP contribution in [-0.4, -0.2) is 12.6 Å². The van der Waals surface area contributed by atoms with Crippen LogP contribution in [0.15, 0.2) is 24.3 Å². The Balaban J connectivity index is 1.80. The molecule has 0 saturated heterocycles. The van der Waals surface area contributed by atoms with Crippen molar-refractivity contribution in [2.75, 3.05) is 12.3 Å². The highest BCUT2D eigenvalue weighted by Crippen LogP contribution is 2.14. The standard InChI is InChI=1S/C25H43NO2/c1-2-3-4-5-6-7-8-9-10-11-12-13-14-15-16-19-22-28-25(27)23-20-17-18-21-24(23)26/h17-18,20-21H,2-16,19,22,26H2,1H3. The van der Waals surface area contributed by atoms with E-state index in [9.17, 15) is 4.79 Å². The van der Waals surface area contributed by atoms with Crippen LogP contribution in [0.2, 0.25) is 0 Å². The highest BCUT2D eigenvalue weighted by Gasteiger charge is 2.09. The summed E-state index contributed by atoms with van der Waals surface area (Å²) in [4.78, 5) is 11.9. The maximum absolute atomic E-state index is 11.9. The Kier molecular flexibility index (Phi) is 15.4. The van der Waals surface area contributed by atoms with E-state index in [0.29, 0.717) is 17.9 Å². The van der Waals surface area contributed by atoms with Crippen molar-refractivity contribution in [2.24, 2.45) is 0 Å². The predicted molar refractivity (Wildman–Crippen MR) is 121 cm³/mol. The Hall–Kier alpha value is -1.51. The zero-order valence-corrected chi connectivity index (χ0v) is 18.2. The minimum Gasteiger partial charge on any atom is -0.462 e. The molecule has 1 aromatic carbocycles. The summed E-state index contributed by atoms with van der Waals surface area (Å²) in [5.41, 5.74) is 6.74. The van der Waals surface area contributed by atoms with E-state index in [1.54, 1.807) is 12.1 Å². The molecule has 0 spiro atoms. The van der Waals surface area contributed by atoms with Crippen LogP contribution >= 0.6 is 0 Å². The molecular weight excluding hydrogens is 346 g/mol. The predicted octanol–water partition coefficient (Wildman–Crippen LogP) is 7.69. The molecule has 3 nitrogen and oxygen atoms in total. The number of para-hydroxylation sites is 1. The molecule has 160 valence electrons. The molecule has 0 amide bonds. The Bertz CT molecular complexity index is 501. The van der Waals surface area contributed by atoms with Crippen LogP contribution in [0.5, 0.6) is 0 Å². The molecule has 1 rings (SSSR count). The van der Waals surface area contributed by atoms with Gasteiger partial charge in [0.05, 0.1) is 12.2 Å². The molecule has 0 saturated carbocycles. The van der Waals surface area contributed by atoms with Gasteiger partial charge in [-0.15, -0.1) is 0 Å². The number of carbonyl (C=O) groups excluding carboxylic acids is 1. The quantitative estimate of drug-likeness (QED) is 0.159. The van der Waals surface area contributed by atoms with E-state index >= 15 is 0 Å². The van der Waals surface area contributed by atoms with Crippen LogP contribution in [0.3, 0.4) is 0 Å². The summed E-state index contributed by atoms with van der Waals surface area (Å²) in [6.45, 7) is 2.77. The number of esters is 1. The van der Waals surface area contributed by atoms with Gasteiger partial charge < -0.3 is 10.5 Å². The van der Waals surface area contributed by atoms with E-state index in [2.05, 4.69) is 6.92 Å². The molecular formula is C25H43NO2. The van der Waals surface area contributed by atoms with Crippen molar-refractivity contribution >= 4 is 11.7 Å². The first-order valence-corrected chi connectivity index (χ1v) is 11.8. The molecule has 2 N–H and O–H groups in total. The summed E-state index contributed by atoms with van der Waals surface area (Å²) in [5.74, 6) is -0.306. The second kappa shape index (κ2) is 17.6. The monoisotopic (exact) mass is 389 g/mol. The van der Waals surface area contributed by atoms with Gasteiger partial charge in [0.1, 0.15) is 0 Å². The first kappa shape index (κ1) is 24.5. The number of anilines is 1. The van der Waals surface area contributed by atoms with E-state index in [1.165, 1.54) is 89.9 Å². The smallest absolute Gasteiger partial charge is 0.340 e. The van der Waals surface area contributed by atoms with Crippen LogP contribution < -0.4 is 5.73 Å². The summed E-state index contributed by atoms with van der Waals surface area (Å²) < 4.78 is 5.31. The van der Waals surface area contributed by atoms with E-state index in [1.807, 2.05) is 12.1 Å². The van der Waals surface area contributed by atoms with Gasteiger partial charge in [0.2, 0.25) is 0 Å². The SMILES string of the molecule is CCCCCCCCCCCCCCCCCCOC(=O)c1ccccc1N. The number of hydrogen-bond donors (Lipinski definition) is 1. The first-order valence-electron chi connectivity index (χ1n) is 11.8.